The van der Waals surface area contributed by atoms with Gasteiger partial charge in [0, 0.05) is 18.7 Å². The summed E-state index contributed by atoms with van der Waals surface area (Å²) in [6.07, 6.45) is 5.42. The molecule has 1 unspecified atom stereocenters. The maximum Gasteiger partial charge on any atom is 0.278 e. The van der Waals surface area contributed by atoms with Crippen LogP contribution < -0.4 is 15.0 Å². The van der Waals surface area contributed by atoms with Crippen molar-refractivity contribution >= 4 is 23.6 Å². The van der Waals surface area contributed by atoms with Crippen molar-refractivity contribution in [1.82, 2.24) is 19.7 Å². The number of aromatic nitrogens is 4. The smallest absolute Gasteiger partial charge is 0.278 e. The van der Waals surface area contributed by atoms with Crippen molar-refractivity contribution < 1.29 is 9.53 Å². The van der Waals surface area contributed by atoms with Crippen molar-refractivity contribution in [2.75, 3.05) is 10.2 Å². The third kappa shape index (κ3) is 3.67. The number of anilines is 2. The van der Waals surface area contributed by atoms with Gasteiger partial charge in [-0.15, -0.1) is 0 Å². The van der Waals surface area contributed by atoms with Gasteiger partial charge in [-0.05, 0) is 88.8 Å². The molecule has 0 saturated heterocycles. The number of nitrogens with zero attached hydrogens (tertiary/aromatic N) is 7. The number of ether oxygens (including phenoxy) is 1. The van der Waals surface area contributed by atoms with Crippen molar-refractivity contribution in [3.63, 3.8) is 0 Å². The zero-order valence-electron chi connectivity index (χ0n) is 23.5. The van der Waals surface area contributed by atoms with E-state index in [2.05, 4.69) is 16.5 Å². The van der Waals surface area contributed by atoms with E-state index in [1.165, 1.54) is 6.08 Å². The van der Waals surface area contributed by atoms with Crippen LogP contribution in [0.4, 0.5) is 11.6 Å². The second-order valence-electron chi connectivity index (χ2n) is 11.5. The van der Waals surface area contributed by atoms with Crippen molar-refractivity contribution in [1.29, 1.82) is 10.5 Å². The lowest BCUT2D eigenvalue weighted by Gasteiger charge is -2.66. The summed E-state index contributed by atoms with van der Waals surface area (Å²) in [4.78, 5) is 25.2. The van der Waals surface area contributed by atoms with E-state index in [1.54, 1.807) is 15.7 Å². The van der Waals surface area contributed by atoms with Gasteiger partial charge in [-0.3, -0.25) is 14.4 Å². The lowest BCUT2D eigenvalue weighted by Crippen LogP contribution is -2.70. The van der Waals surface area contributed by atoms with Gasteiger partial charge in [-0.25, -0.2) is 4.98 Å². The maximum atomic E-state index is 14.0. The molecule has 0 radical (unpaired) electrons. The van der Waals surface area contributed by atoms with Gasteiger partial charge in [0.25, 0.3) is 5.91 Å². The molecule has 2 bridgehead atoms. The fourth-order valence-electron chi connectivity index (χ4n) is 6.69. The molecule has 1 aromatic carbocycles. The van der Waals surface area contributed by atoms with Crippen molar-refractivity contribution in [3.8, 4) is 23.8 Å². The molecule has 2 aromatic heterocycles. The van der Waals surface area contributed by atoms with Crippen LogP contribution in [0.3, 0.4) is 0 Å². The Morgan fingerprint density at radius 1 is 1.12 bits per heavy atom. The molecule has 1 N–H and O–H groups in total. The second-order valence-corrected chi connectivity index (χ2v) is 11.5. The molecule has 0 spiro atoms. The number of nitriles is 2. The van der Waals surface area contributed by atoms with Crippen molar-refractivity contribution in [2.24, 2.45) is 12.5 Å². The molecule has 1 aliphatic heterocycles. The molecular formula is C30H30N8O2. The molecule has 3 heterocycles. The number of hydrogen-bond acceptors (Lipinski definition) is 8. The predicted octanol–water partition coefficient (Wildman–Crippen LogP) is 5.35. The summed E-state index contributed by atoms with van der Waals surface area (Å²) < 4.78 is 8.31. The summed E-state index contributed by atoms with van der Waals surface area (Å²) in [6, 6.07) is 7.95. The molecule has 202 valence electrons. The molecular weight excluding hydrogens is 504 g/mol. The second kappa shape index (κ2) is 8.65. The minimum Gasteiger partial charge on any atom is -0.438 e. The van der Waals surface area contributed by atoms with Crippen LogP contribution in [0.25, 0.3) is 6.08 Å². The number of aryl methyl sites for hydroxylation is 4. The Hall–Kier alpha value is -4.70. The quantitative estimate of drug-likeness (QED) is 0.418. The number of allylic oxidation sites excluding steroid dienone is 1. The van der Waals surface area contributed by atoms with Crippen LogP contribution in [0.15, 0.2) is 18.2 Å². The van der Waals surface area contributed by atoms with Crippen molar-refractivity contribution in [3.05, 3.63) is 57.5 Å². The Labute approximate surface area is 232 Å². The zero-order valence-corrected chi connectivity index (χ0v) is 23.5. The normalized spacial score (nSPS) is 24.2. The number of nitrogens with one attached hydrogen (secondary N) is 1. The van der Waals surface area contributed by atoms with Crippen LogP contribution in [-0.2, 0) is 7.05 Å². The van der Waals surface area contributed by atoms with Crippen LogP contribution in [0.5, 0.6) is 11.6 Å². The average molecular weight is 535 g/mol. The van der Waals surface area contributed by atoms with Crippen molar-refractivity contribution in [2.45, 2.75) is 65.5 Å². The van der Waals surface area contributed by atoms with E-state index in [0.717, 1.165) is 53.0 Å². The number of benzene rings is 1. The topological polar surface area (TPSA) is 133 Å². The molecule has 3 aliphatic carbocycles. The minimum absolute atomic E-state index is 0.217. The summed E-state index contributed by atoms with van der Waals surface area (Å²) in [5.74, 6) is 1.06. The Morgan fingerprint density at radius 2 is 1.80 bits per heavy atom. The Kier molecular flexibility index (Phi) is 5.53. The van der Waals surface area contributed by atoms with E-state index in [-0.39, 0.29) is 22.9 Å². The first-order valence-corrected chi connectivity index (χ1v) is 13.3. The zero-order chi connectivity index (χ0) is 28.6. The van der Waals surface area contributed by atoms with Gasteiger partial charge in [-0.2, -0.15) is 20.6 Å². The Morgan fingerprint density at radius 3 is 2.38 bits per heavy atom. The first-order valence-electron chi connectivity index (χ1n) is 13.3. The van der Waals surface area contributed by atoms with E-state index < -0.39 is 0 Å². The van der Waals surface area contributed by atoms with E-state index in [4.69, 9.17) is 20.0 Å². The molecule has 3 aromatic rings. The van der Waals surface area contributed by atoms with Crippen LogP contribution in [-0.4, -0.2) is 31.2 Å². The van der Waals surface area contributed by atoms with Gasteiger partial charge in [0.15, 0.2) is 0 Å². The number of rotatable bonds is 6. The summed E-state index contributed by atoms with van der Waals surface area (Å²) in [7, 11) is 1.86. The standard InChI is InChI=1S/C30H30N8O2/c1-16-10-21(8-7-9-31)11-17(2)25(16)40-26-22-19(4)38(24-18(3)36-37(6)20(24)5)27(39)23(22)33-28(34-26)35-30-12-29(13-30,14-30)15-32/h7-8,10-11,19H,12-14H2,1-6H3,(H,33,34,35)/b8-7+. The highest BCUT2D eigenvalue weighted by molar-refractivity contribution is 6.11. The van der Waals surface area contributed by atoms with Gasteiger partial charge in [0.1, 0.15) is 11.4 Å². The molecule has 10 heteroatoms. The van der Waals surface area contributed by atoms with E-state index in [9.17, 15) is 10.1 Å². The third-order valence-electron chi connectivity index (χ3n) is 8.53. The van der Waals surface area contributed by atoms with Gasteiger partial charge in [0.2, 0.25) is 11.8 Å². The molecule has 3 saturated carbocycles. The minimum atomic E-state index is -0.386. The molecule has 4 aliphatic rings. The fourth-order valence-corrected chi connectivity index (χ4v) is 6.69. The lowest BCUT2D eigenvalue weighted by atomic mass is 9.40. The van der Waals surface area contributed by atoms with Crippen LogP contribution in [0.1, 0.15) is 76.4 Å². The molecule has 40 heavy (non-hydrogen) atoms. The molecule has 10 nitrogen and oxygen atoms in total. The van der Waals surface area contributed by atoms with Gasteiger partial charge < -0.3 is 10.1 Å². The van der Waals surface area contributed by atoms with Crippen LogP contribution >= 0.6 is 0 Å². The number of carbonyl (C=O) groups excluding carboxylic acids is 1. The predicted molar refractivity (Wildman–Crippen MR) is 149 cm³/mol. The van der Waals surface area contributed by atoms with Crippen LogP contribution in [0.2, 0.25) is 0 Å². The van der Waals surface area contributed by atoms with Gasteiger partial charge >= 0.3 is 0 Å². The largest absolute Gasteiger partial charge is 0.438 e. The summed E-state index contributed by atoms with van der Waals surface area (Å²) in [5.41, 5.74) is 5.50. The highest BCUT2D eigenvalue weighted by atomic mass is 16.5. The van der Waals surface area contributed by atoms with Crippen LogP contribution in [0, 0.1) is 55.8 Å². The maximum absolute atomic E-state index is 14.0. The first kappa shape index (κ1) is 25.6. The average Bonchev–Trinajstić information content (AvgIpc) is 3.26. The highest BCUT2D eigenvalue weighted by Crippen LogP contribution is 2.67. The fraction of sp³-hybridized carbons (Fsp3) is 0.400. The summed E-state index contributed by atoms with van der Waals surface area (Å²) in [6.45, 7) is 9.67. The monoisotopic (exact) mass is 534 g/mol. The van der Waals surface area contributed by atoms with E-state index in [0.29, 0.717) is 28.8 Å². The molecule has 7 rings (SSSR count). The third-order valence-corrected chi connectivity index (χ3v) is 8.53. The Bertz CT molecular complexity index is 1680. The SMILES string of the molecule is Cc1cc(/C=C/C#N)cc(C)c1Oc1nc(NC23CC(C#N)(C2)C3)nc2c1C(C)N(c1c(C)nn(C)c1C)C2=O. The summed E-state index contributed by atoms with van der Waals surface area (Å²) in [5, 5.41) is 26.3. The molecule has 3 fully saturated rings. The highest BCUT2D eigenvalue weighted by Gasteiger charge is 2.69. The van der Waals surface area contributed by atoms with Gasteiger partial charge in [-0.1, -0.05) is 0 Å². The molecule has 1 atom stereocenters. The number of amides is 1. The number of fused-ring (bicyclic) bond motifs is 1. The van der Waals surface area contributed by atoms with Gasteiger partial charge in [0.05, 0.1) is 46.2 Å². The van der Waals surface area contributed by atoms with E-state index in [1.807, 2.05) is 59.9 Å². The number of hydrogen-bond donors (Lipinski definition) is 1. The summed E-state index contributed by atoms with van der Waals surface area (Å²) >= 11 is 0. The lowest BCUT2D eigenvalue weighted by molar-refractivity contribution is -0.0665. The Balaban J connectivity index is 1.44. The molecule has 1 amide bonds. The number of carbonyl (C=O) groups is 1. The van der Waals surface area contributed by atoms with E-state index >= 15 is 0 Å². The first-order chi connectivity index (χ1) is 19.0.